The first-order valence-corrected chi connectivity index (χ1v) is 5.09. The molecule has 0 radical (unpaired) electrons. The van der Waals surface area contributed by atoms with Crippen LogP contribution < -0.4 is 0 Å². The zero-order valence-electron chi connectivity index (χ0n) is 9.04. The van der Waals surface area contributed by atoms with Crippen molar-refractivity contribution in [3.63, 3.8) is 0 Å². The van der Waals surface area contributed by atoms with Crippen LogP contribution in [0.4, 0.5) is 0 Å². The van der Waals surface area contributed by atoms with Crippen molar-refractivity contribution in [2.45, 2.75) is 19.8 Å². The first-order valence-electron chi connectivity index (χ1n) is 5.09. The SMILES string of the molecule is COC(=O)/C=C1/CCc2ccc(C)cc21. The van der Waals surface area contributed by atoms with Crippen molar-refractivity contribution < 1.29 is 9.53 Å². The van der Waals surface area contributed by atoms with Crippen LogP contribution in [-0.4, -0.2) is 13.1 Å². The number of esters is 1. The van der Waals surface area contributed by atoms with Gasteiger partial charge in [-0.2, -0.15) is 0 Å². The molecular formula is C13H14O2. The number of methoxy groups -OCH3 is 1. The Labute approximate surface area is 89.6 Å². The van der Waals surface area contributed by atoms with Gasteiger partial charge in [0.2, 0.25) is 0 Å². The van der Waals surface area contributed by atoms with Gasteiger partial charge in [-0.05, 0) is 36.5 Å². The molecule has 0 heterocycles. The molecule has 0 fully saturated rings. The lowest BCUT2D eigenvalue weighted by Gasteiger charge is -2.02. The molecule has 0 N–H and O–H groups in total. The van der Waals surface area contributed by atoms with Gasteiger partial charge >= 0.3 is 5.97 Å². The van der Waals surface area contributed by atoms with Crippen LogP contribution in [0, 0.1) is 6.92 Å². The number of rotatable bonds is 1. The van der Waals surface area contributed by atoms with E-state index in [1.165, 1.54) is 23.8 Å². The van der Waals surface area contributed by atoms with Crippen molar-refractivity contribution in [2.75, 3.05) is 7.11 Å². The molecule has 15 heavy (non-hydrogen) atoms. The minimum absolute atomic E-state index is 0.264. The molecule has 1 aliphatic rings. The molecule has 78 valence electrons. The third-order valence-corrected chi connectivity index (χ3v) is 2.77. The van der Waals surface area contributed by atoms with Crippen molar-refractivity contribution >= 4 is 11.5 Å². The zero-order chi connectivity index (χ0) is 10.8. The highest BCUT2D eigenvalue weighted by Crippen LogP contribution is 2.32. The van der Waals surface area contributed by atoms with Gasteiger partial charge in [0.25, 0.3) is 0 Å². The Morgan fingerprint density at radius 1 is 1.40 bits per heavy atom. The Morgan fingerprint density at radius 3 is 2.93 bits per heavy atom. The quantitative estimate of drug-likeness (QED) is 0.516. The molecule has 0 amide bonds. The summed E-state index contributed by atoms with van der Waals surface area (Å²) in [6.07, 6.45) is 3.57. The second kappa shape index (κ2) is 3.89. The summed E-state index contributed by atoms with van der Waals surface area (Å²) >= 11 is 0. The fourth-order valence-electron chi connectivity index (χ4n) is 1.96. The molecule has 0 spiro atoms. The van der Waals surface area contributed by atoms with Crippen LogP contribution in [-0.2, 0) is 16.0 Å². The summed E-state index contributed by atoms with van der Waals surface area (Å²) in [5.74, 6) is -0.264. The lowest BCUT2D eigenvalue weighted by Crippen LogP contribution is -1.95. The summed E-state index contributed by atoms with van der Waals surface area (Å²) in [6, 6.07) is 6.39. The zero-order valence-corrected chi connectivity index (χ0v) is 9.04. The molecule has 2 nitrogen and oxygen atoms in total. The van der Waals surface area contributed by atoms with Gasteiger partial charge in [0, 0.05) is 6.08 Å². The Bertz CT molecular complexity index is 430. The van der Waals surface area contributed by atoms with Gasteiger partial charge in [-0.15, -0.1) is 0 Å². The number of fused-ring (bicyclic) bond motifs is 1. The van der Waals surface area contributed by atoms with E-state index in [-0.39, 0.29) is 5.97 Å². The van der Waals surface area contributed by atoms with E-state index in [4.69, 9.17) is 0 Å². The molecule has 0 atom stereocenters. The summed E-state index contributed by atoms with van der Waals surface area (Å²) in [4.78, 5) is 11.2. The van der Waals surface area contributed by atoms with Crippen LogP contribution in [0.25, 0.3) is 5.57 Å². The third kappa shape index (κ3) is 1.94. The van der Waals surface area contributed by atoms with Crippen molar-refractivity contribution in [3.8, 4) is 0 Å². The average molecular weight is 202 g/mol. The van der Waals surface area contributed by atoms with Gasteiger partial charge in [0.1, 0.15) is 0 Å². The van der Waals surface area contributed by atoms with E-state index in [2.05, 4.69) is 29.9 Å². The standard InChI is InChI=1S/C13H14O2/c1-9-3-4-10-5-6-11(12(10)7-9)8-13(14)15-2/h3-4,7-8H,5-6H2,1-2H3/b11-8-. The first kappa shape index (κ1) is 9.97. The summed E-state index contributed by atoms with van der Waals surface area (Å²) < 4.78 is 4.64. The Hall–Kier alpha value is -1.57. The number of hydrogen-bond acceptors (Lipinski definition) is 2. The maximum Gasteiger partial charge on any atom is 0.330 e. The van der Waals surface area contributed by atoms with Gasteiger partial charge in [-0.1, -0.05) is 23.8 Å². The van der Waals surface area contributed by atoms with Crippen LogP contribution in [0.2, 0.25) is 0 Å². The van der Waals surface area contributed by atoms with Crippen molar-refractivity contribution in [2.24, 2.45) is 0 Å². The second-order valence-corrected chi connectivity index (χ2v) is 3.85. The summed E-state index contributed by atoms with van der Waals surface area (Å²) in [6.45, 7) is 2.06. The van der Waals surface area contributed by atoms with Gasteiger partial charge in [-0.25, -0.2) is 4.79 Å². The predicted octanol–water partition coefficient (Wildman–Crippen LogP) is 2.50. The molecular weight excluding hydrogens is 188 g/mol. The van der Waals surface area contributed by atoms with E-state index in [1.807, 2.05) is 0 Å². The van der Waals surface area contributed by atoms with E-state index < -0.39 is 0 Å². The molecule has 0 saturated carbocycles. The lowest BCUT2D eigenvalue weighted by molar-refractivity contribution is -0.134. The first-order chi connectivity index (χ1) is 7.20. The highest BCUT2D eigenvalue weighted by molar-refractivity contribution is 5.92. The number of hydrogen-bond donors (Lipinski definition) is 0. The van der Waals surface area contributed by atoms with E-state index in [9.17, 15) is 4.79 Å². The fraction of sp³-hybridized carbons (Fsp3) is 0.308. The van der Waals surface area contributed by atoms with E-state index >= 15 is 0 Å². The molecule has 0 bridgehead atoms. The maximum atomic E-state index is 11.2. The molecule has 1 aromatic carbocycles. The maximum absolute atomic E-state index is 11.2. The minimum atomic E-state index is -0.264. The van der Waals surface area contributed by atoms with Crippen molar-refractivity contribution in [3.05, 3.63) is 41.0 Å². The smallest absolute Gasteiger partial charge is 0.330 e. The van der Waals surface area contributed by atoms with E-state index in [0.717, 1.165) is 18.4 Å². The molecule has 1 aliphatic carbocycles. The van der Waals surface area contributed by atoms with Crippen LogP contribution >= 0.6 is 0 Å². The van der Waals surface area contributed by atoms with Gasteiger partial charge in [0.05, 0.1) is 7.11 Å². The number of aryl methyl sites for hydroxylation is 2. The van der Waals surface area contributed by atoms with Crippen LogP contribution in [0.3, 0.4) is 0 Å². The summed E-state index contributed by atoms with van der Waals surface area (Å²) in [7, 11) is 1.41. The summed E-state index contributed by atoms with van der Waals surface area (Å²) in [5.41, 5.74) is 4.86. The lowest BCUT2D eigenvalue weighted by atomic mass is 10.0. The number of benzene rings is 1. The van der Waals surface area contributed by atoms with Crippen LogP contribution in [0.15, 0.2) is 24.3 Å². The molecule has 0 aromatic heterocycles. The van der Waals surface area contributed by atoms with Gasteiger partial charge in [0.15, 0.2) is 0 Å². The molecule has 0 aliphatic heterocycles. The molecule has 2 heteroatoms. The molecule has 2 rings (SSSR count). The Balaban J connectivity index is 2.39. The van der Waals surface area contributed by atoms with Gasteiger partial charge in [-0.3, -0.25) is 0 Å². The van der Waals surface area contributed by atoms with Crippen LogP contribution in [0.5, 0.6) is 0 Å². The molecule has 1 aromatic rings. The second-order valence-electron chi connectivity index (χ2n) is 3.85. The van der Waals surface area contributed by atoms with E-state index in [0.29, 0.717) is 0 Å². The fourth-order valence-corrected chi connectivity index (χ4v) is 1.96. The third-order valence-electron chi connectivity index (χ3n) is 2.77. The Kier molecular flexibility index (Phi) is 2.58. The minimum Gasteiger partial charge on any atom is -0.466 e. The summed E-state index contributed by atoms with van der Waals surface area (Å²) in [5, 5.41) is 0. The van der Waals surface area contributed by atoms with Crippen molar-refractivity contribution in [1.29, 1.82) is 0 Å². The number of carbonyl (C=O) groups excluding carboxylic acids is 1. The number of ether oxygens (including phenoxy) is 1. The topological polar surface area (TPSA) is 26.3 Å². The predicted molar refractivity (Wildman–Crippen MR) is 59.5 cm³/mol. The van der Waals surface area contributed by atoms with E-state index in [1.54, 1.807) is 6.08 Å². The van der Waals surface area contributed by atoms with Gasteiger partial charge < -0.3 is 4.74 Å². The van der Waals surface area contributed by atoms with Crippen molar-refractivity contribution in [1.82, 2.24) is 0 Å². The number of allylic oxidation sites excluding steroid dienone is 1. The van der Waals surface area contributed by atoms with Crippen LogP contribution in [0.1, 0.15) is 23.1 Å². The highest BCUT2D eigenvalue weighted by atomic mass is 16.5. The normalized spacial score (nSPS) is 16.5. The molecule has 0 unspecified atom stereocenters. The number of carbonyl (C=O) groups is 1. The monoisotopic (exact) mass is 202 g/mol. The Morgan fingerprint density at radius 2 is 2.20 bits per heavy atom. The largest absolute Gasteiger partial charge is 0.466 e. The highest BCUT2D eigenvalue weighted by Gasteiger charge is 2.16. The average Bonchev–Trinajstić information content (AvgIpc) is 2.61. The molecule has 0 saturated heterocycles.